The standard InChI is InChI=1S/C47H26F6N4/c1-27-11-18-42-36(21-27)33-7-3-5-9-40(33)56(42)43-19-13-29(32-17-14-31(47(51,52)53)25-39(32)55-2)23-37(43)35-16-12-28(26-54)22-45(35)57-41-10-6-4-8-34(41)38-24-30(46(48,49)50)15-20-44(38)57/h3-25H,1H3. The van der Waals surface area contributed by atoms with Gasteiger partial charge in [0.25, 0.3) is 0 Å². The Morgan fingerprint density at radius 2 is 1.09 bits per heavy atom. The Morgan fingerprint density at radius 3 is 1.74 bits per heavy atom. The van der Waals surface area contributed by atoms with Crippen LogP contribution in [-0.4, -0.2) is 9.13 Å². The van der Waals surface area contributed by atoms with Gasteiger partial charge in [0.2, 0.25) is 0 Å². The van der Waals surface area contributed by atoms with Gasteiger partial charge >= 0.3 is 12.4 Å². The first kappa shape index (κ1) is 35.4. The molecule has 7 aromatic carbocycles. The highest BCUT2D eigenvalue weighted by Crippen LogP contribution is 2.45. The van der Waals surface area contributed by atoms with Crippen LogP contribution in [0.25, 0.3) is 82.1 Å². The number of nitriles is 1. The first-order chi connectivity index (χ1) is 27.4. The second-order valence-electron chi connectivity index (χ2n) is 13.9. The van der Waals surface area contributed by atoms with Crippen molar-refractivity contribution >= 4 is 49.3 Å². The molecule has 2 aromatic heterocycles. The molecule has 4 nitrogen and oxygen atoms in total. The van der Waals surface area contributed by atoms with Gasteiger partial charge in [-0.05, 0) is 90.8 Å². The predicted molar refractivity (Wildman–Crippen MR) is 212 cm³/mol. The predicted octanol–water partition coefficient (Wildman–Crippen LogP) is 14.0. The van der Waals surface area contributed by atoms with E-state index in [2.05, 4.69) is 21.5 Å². The van der Waals surface area contributed by atoms with Crippen LogP contribution < -0.4 is 0 Å². The molecule has 2 heterocycles. The Morgan fingerprint density at radius 1 is 0.526 bits per heavy atom. The molecular formula is C47H26F6N4. The number of aryl methyl sites for hydroxylation is 1. The third kappa shape index (κ3) is 5.77. The smallest absolute Gasteiger partial charge is 0.309 e. The zero-order valence-corrected chi connectivity index (χ0v) is 29.8. The van der Waals surface area contributed by atoms with E-state index in [9.17, 15) is 31.6 Å². The van der Waals surface area contributed by atoms with E-state index in [1.54, 1.807) is 42.5 Å². The van der Waals surface area contributed by atoms with Gasteiger partial charge in [0.1, 0.15) is 0 Å². The molecule has 0 spiro atoms. The average molecular weight is 761 g/mol. The van der Waals surface area contributed by atoms with Crippen molar-refractivity contribution in [1.29, 1.82) is 5.26 Å². The van der Waals surface area contributed by atoms with E-state index in [1.807, 2.05) is 66.1 Å². The number of halogens is 6. The van der Waals surface area contributed by atoms with Crippen LogP contribution in [0.15, 0.2) is 140 Å². The van der Waals surface area contributed by atoms with E-state index >= 15 is 0 Å². The Balaban J connectivity index is 1.41. The van der Waals surface area contributed by atoms with Gasteiger partial charge in [0.05, 0.1) is 57.2 Å². The summed E-state index contributed by atoms with van der Waals surface area (Å²) in [5.41, 5.74) is 5.42. The second kappa shape index (κ2) is 12.9. The van der Waals surface area contributed by atoms with E-state index < -0.39 is 23.5 Å². The van der Waals surface area contributed by atoms with Crippen molar-refractivity contribution in [2.45, 2.75) is 19.3 Å². The molecule has 0 saturated carbocycles. The third-order valence-corrected chi connectivity index (χ3v) is 10.5. The summed E-state index contributed by atoms with van der Waals surface area (Å²) in [4.78, 5) is 3.48. The first-order valence-electron chi connectivity index (χ1n) is 17.7. The molecule has 0 unspecified atom stereocenters. The highest BCUT2D eigenvalue weighted by Gasteiger charge is 2.32. The van der Waals surface area contributed by atoms with Crippen molar-refractivity contribution < 1.29 is 26.3 Å². The van der Waals surface area contributed by atoms with Crippen LogP contribution in [0.5, 0.6) is 0 Å². The minimum atomic E-state index is -4.65. The van der Waals surface area contributed by atoms with Crippen LogP contribution in [-0.2, 0) is 12.4 Å². The summed E-state index contributed by atoms with van der Waals surface area (Å²) in [5, 5.41) is 13.1. The number of para-hydroxylation sites is 2. The topological polar surface area (TPSA) is 38.0 Å². The number of benzene rings is 7. The maximum absolute atomic E-state index is 14.0. The lowest BCUT2D eigenvalue weighted by Crippen LogP contribution is -2.05. The van der Waals surface area contributed by atoms with Crippen molar-refractivity contribution in [3.8, 4) is 39.7 Å². The molecule has 0 saturated heterocycles. The first-order valence-corrected chi connectivity index (χ1v) is 17.7. The Bertz CT molecular complexity index is 3200. The number of rotatable bonds is 4. The molecule has 0 bridgehead atoms. The van der Waals surface area contributed by atoms with Crippen molar-refractivity contribution in [2.75, 3.05) is 0 Å². The fourth-order valence-corrected chi connectivity index (χ4v) is 7.93. The number of aromatic nitrogens is 2. The highest BCUT2D eigenvalue weighted by molar-refractivity contribution is 6.12. The van der Waals surface area contributed by atoms with E-state index in [0.717, 1.165) is 51.6 Å². The number of alkyl halides is 6. The quantitative estimate of drug-likeness (QED) is 0.130. The molecular weight excluding hydrogens is 735 g/mol. The van der Waals surface area contributed by atoms with Crippen molar-refractivity contribution in [3.63, 3.8) is 0 Å². The largest absolute Gasteiger partial charge is 0.416 e. The second-order valence-corrected chi connectivity index (χ2v) is 13.9. The molecule has 276 valence electrons. The zero-order valence-electron chi connectivity index (χ0n) is 29.8. The Kier molecular flexibility index (Phi) is 8.01. The summed E-state index contributed by atoms with van der Waals surface area (Å²) >= 11 is 0. The molecule has 9 aromatic rings. The summed E-state index contributed by atoms with van der Waals surface area (Å²) in [7, 11) is 0. The summed E-state index contributed by atoms with van der Waals surface area (Å²) in [6.07, 6.45) is -9.23. The minimum Gasteiger partial charge on any atom is -0.309 e. The van der Waals surface area contributed by atoms with E-state index in [-0.39, 0.29) is 11.3 Å². The van der Waals surface area contributed by atoms with Crippen LogP contribution in [0.2, 0.25) is 0 Å². The van der Waals surface area contributed by atoms with Crippen LogP contribution in [0.4, 0.5) is 32.0 Å². The van der Waals surface area contributed by atoms with Crippen LogP contribution >= 0.6 is 0 Å². The molecule has 57 heavy (non-hydrogen) atoms. The molecule has 9 rings (SSSR count). The molecule has 0 aliphatic rings. The fourth-order valence-electron chi connectivity index (χ4n) is 7.93. The maximum atomic E-state index is 14.0. The van der Waals surface area contributed by atoms with E-state index in [1.165, 1.54) is 12.1 Å². The van der Waals surface area contributed by atoms with Crippen molar-refractivity contribution in [1.82, 2.24) is 9.13 Å². The minimum absolute atomic E-state index is 0.182. The van der Waals surface area contributed by atoms with Gasteiger partial charge in [-0.3, -0.25) is 0 Å². The van der Waals surface area contributed by atoms with Crippen LogP contribution in [0.3, 0.4) is 0 Å². The van der Waals surface area contributed by atoms with Crippen molar-refractivity contribution in [2.24, 2.45) is 0 Å². The molecule has 0 atom stereocenters. The summed E-state index contributed by atoms with van der Waals surface area (Å²) < 4.78 is 87.4. The number of fused-ring (bicyclic) bond motifs is 6. The van der Waals surface area contributed by atoms with Crippen molar-refractivity contribution in [3.05, 3.63) is 173 Å². The molecule has 0 fully saturated rings. The molecule has 0 aliphatic carbocycles. The van der Waals surface area contributed by atoms with E-state index in [4.69, 9.17) is 6.57 Å². The number of nitrogens with zero attached hydrogens (tertiary/aromatic N) is 4. The molecule has 0 aliphatic heterocycles. The summed E-state index contributed by atoms with van der Waals surface area (Å²) in [5.74, 6) is 0. The van der Waals surface area contributed by atoms with Crippen LogP contribution in [0, 0.1) is 24.8 Å². The van der Waals surface area contributed by atoms with Gasteiger partial charge in [-0.25, -0.2) is 4.85 Å². The SMILES string of the molecule is [C-]#[N+]c1cc(C(F)(F)F)ccc1-c1ccc(-n2c3ccccc3c3cc(C)ccc32)c(-c2ccc(C#N)cc2-n2c3ccccc3c3cc(C(F)(F)F)ccc32)c1. The molecule has 10 heteroatoms. The van der Waals surface area contributed by atoms with Gasteiger partial charge < -0.3 is 9.13 Å². The van der Waals surface area contributed by atoms with E-state index in [0.29, 0.717) is 55.4 Å². The van der Waals surface area contributed by atoms with Gasteiger partial charge in [0.15, 0.2) is 5.69 Å². The third-order valence-electron chi connectivity index (χ3n) is 10.5. The maximum Gasteiger partial charge on any atom is 0.416 e. The molecule has 0 radical (unpaired) electrons. The Hall–Kier alpha value is -7.30. The normalized spacial score (nSPS) is 12.1. The fraction of sp³-hybridized carbons (Fsp3) is 0.0638. The highest BCUT2D eigenvalue weighted by atomic mass is 19.4. The Labute approximate surface area is 321 Å². The number of hydrogen-bond donors (Lipinski definition) is 0. The lowest BCUT2D eigenvalue weighted by molar-refractivity contribution is -0.138. The summed E-state index contributed by atoms with van der Waals surface area (Å²) in [6.45, 7) is 9.85. The molecule has 0 amide bonds. The lowest BCUT2D eigenvalue weighted by atomic mass is 9.93. The lowest BCUT2D eigenvalue weighted by Gasteiger charge is -2.20. The van der Waals surface area contributed by atoms with Gasteiger partial charge in [-0.1, -0.05) is 72.3 Å². The molecule has 0 N–H and O–H groups in total. The van der Waals surface area contributed by atoms with Gasteiger partial charge in [0, 0.05) is 38.2 Å². The van der Waals surface area contributed by atoms with Crippen LogP contribution in [0.1, 0.15) is 22.3 Å². The summed E-state index contributed by atoms with van der Waals surface area (Å²) in [6, 6.07) is 40.6. The van der Waals surface area contributed by atoms with Gasteiger partial charge in [-0.2, -0.15) is 31.6 Å². The zero-order chi connectivity index (χ0) is 39.8. The average Bonchev–Trinajstić information content (AvgIpc) is 3.71. The monoisotopic (exact) mass is 760 g/mol. The number of hydrogen-bond acceptors (Lipinski definition) is 1. The van der Waals surface area contributed by atoms with Gasteiger partial charge in [-0.15, -0.1) is 0 Å².